The lowest BCUT2D eigenvalue weighted by atomic mass is 10.1. The Morgan fingerprint density at radius 1 is 1.08 bits per heavy atom. The van der Waals surface area contributed by atoms with E-state index >= 15 is 0 Å². The lowest BCUT2D eigenvalue weighted by molar-refractivity contribution is 0.457. The number of aromatic nitrogens is 1. The lowest BCUT2D eigenvalue weighted by Crippen LogP contribution is -1.71. The van der Waals surface area contributed by atoms with Crippen molar-refractivity contribution in [3.8, 4) is 17.0 Å². The number of rotatable bonds is 1. The van der Waals surface area contributed by atoms with E-state index in [4.69, 9.17) is 5.11 Å². The van der Waals surface area contributed by atoms with E-state index in [1.54, 1.807) is 12.3 Å². The standard InChI is InChI=1S/C10H8BrNO/c11-9-3-1-7(2-4-9)8-5-10(13)12-6-8/h1-6,12-13H. The third-order valence-electron chi connectivity index (χ3n) is 1.85. The molecule has 0 unspecified atom stereocenters. The highest BCUT2D eigenvalue weighted by Crippen LogP contribution is 2.24. The minimum atomic E-state index is 0.193. The van der Waals surface area contributed by atoms with Gasteiger partial charge in [-0.1, -0.05) is 28.1 Å². The van der Waals surface area contributed by atoms with Gasteiger partial charge in [0.1, 0.15) is 0 Å². The van der Waals surface area contributed by atoms with Crippen molar-refractivity contribution in [2.75, 3.05) is 0 Å². The van der Waals surface area contributed by atoms with Crippen LogP contribution in [0.2, 0.25) is 0 Å². The average Bonchev–Trinajstić information content (AvgIpc) is 2.53. The molecule has 13 heavy (non-hydrogen) atoms. The second-order valence-electron chi connectivity index (χ2n) is 2.78. The fraction of sp³-hybridized carbons (Fsp3) is 0. The van der Waals surface area contributed by atoms with E-state index in [9.17, 15) is 0 Å². The van der Waals surface area contributed by atoms with Crippen LogP contribution >= 0.6 is 15.9 Å². The summed E-state index contributed by atoms with van der Waals surface area (Å²) < 4.78 is 1.05. The normalized spacial score (nSPS) is 10.2. The van der Waals surface area contributed by atoms with Crippen LogP contribution < -0.4 is 0 Å². The molecule has 1 aromatic carbocycles. The molecule has 0 saturated carbocycles. The Morgan fingerprint density at radius 3 is 2.31 bits per heavy atom. The quantitative estimate of drug-likeness (QED) is 0.786. The molecule has 0 amide bonds. The summed E-state index contributed by atoms with van der Waals surface area (Å²) in [5.41, 5.74) is 2.07. The van der Waals surface area contributed by atoms with Crippen molar-refractivity contribution in [2.45, 2.75) is 0 Å². The Morgan fingerprint density at radius 2 is 1.77 bits per heavy atom. The number of hydrogen-bond acceptors (Lipinski definition) is 1. The summed E-state index contributed by atoms with van der Waals surface area (Å²) in [4.78, 5) is 2.73. The molecule has 2 rings (SSSR count). The van der Waals surface area contributed by atoms with Gasteiger partial charge in [-0.25, -0.2) is 0 Å². The fourth-order valence-corrected chi connectivity index (χ4v) is 1.46. The van der Waals surface area contributed by atoms with Crippen LogP contribution in [0.4, 0.5) is 0 Å². The van der Waals surface area contributed by atoms with Crippen LogP contribution in [0.25, 0.3) is 11.1 Å². The molecule has 3 heteroatoms. The molecule has 2 aromatic rings. The number of aromatic hydroxyl groups is 1. The zero-order valence-electron chi connectivity index (χ0n) is 6.79. The number of aromatic amines is 1. The summed E-state index contributed by atoms with van der Waals surface area (Å²) in [6, 6.07) is 9.63. The van der Waals surface area contributed by atoms with Crippen molar-refractivity contribution in [3.05, 3.63) is 41.0 Å². The fourth-order valence-electron chi connectivity index (χ4n) is 1.19. The van der Waals surface area contributed by atoms with Crippen molar-refractivity contribution >= 4 is 15.9 Å². The van der Waals surface area contributed by atoms with E-state index in [0.29, 0.717) is 0 Å². The summed E-state index contributed by atoms with van der Waals surface area (Å²) >= 11 is 3.37. The summed E-state index contributed by atoms with van der Waals surface area (Å²) in [5, 5.41) is 9.10. The van der Waals surface area contributed by atoms with E-state index in [-0.39, 0.29) is 5.88 Å². The van der Waals surface area contributed by atoms with Gasteiger partial charge in [-0.15, -0.1) is 0 Å². The van der Waals surface area contributed by atoms with Crippen LogP contribution in [0.3, 0.4) is 0 Å². The van der Waals surface area contributed by atoms with Crippen LogP contribution in [0, 0.1) is 0 Å². The maximum Gasteiger partial charge on any atom is 0.188 e. The summed E-state index contributed by atoms with van der Waals surface area (Å²) in [6.45, 7) is 0. The Hall–Kier alpha value is -1.22. The Labute approximate surface area is 84.4 Å². The van der Waals surface area contributed by atoms with Gasteiger partial charge in [-0.05, 0) is 17.7 Å². The van der Waals surface area contributed by atoms with E-state index in [1.807, 2.05) is 24.3 Å². The molecule has 0 aliphatic rings. The van der Waals surface area contributed by atoms with Gasteiger partial charge in [-0.2, -0.15) is 0 Å². The van der Waals surface area contributed by atoms with Crippen LogP contribution in [-0.4, -0.2) is 10.1 Å². The van der Waals surface area contributed by atoms with Gasteiger partial charge < -0.3 is 10.1 Å². The molecule has 0 saturated heterocycles. The monoisotopic (exact) mass is 237 g/mol. The predicted octanol–water partition coefficient (Wildman–Crippen LogP) is 3.15. The zero-order valence-corrected chi connectivity index (χ0v) is 8.38. The molecule has 0 spiro atoms. The second kappa shape index (κ2) is 3.26. The van der Waals surface area contributed by atoms with E-state index in [0.717, 1.165) is 15.6 Å². The minimum absolute atomic E-state index is 0.193. The molecule has 2 nitrogen and oxygen atoms in total. The Balaban J connectivity index is 2.41. The molecule has 0 aliphatic carbocycles. The largest absolute Gasteiger partial charge is 0.495 e. The van der Waals surface area contributed by atoms with Crippen LogP contribution in [-0.2, 0) is 0 Å². The third kappa shape index (κ3) is 1.75. The van der Waals surface area contributed by atoms with Crippen molar-refractivity contribution in [1.29, 1.82) is 0 Å². The Bertz CT molecular complexity index is 405. The predicted molar refractivity (Wildman–Crippen MR) is 55.6 cm³/mol. The van der Waals surface area contributed by atoms with E-state index in [2.05, 4.69) is 20.9 Å². The number of benzene rings is 1. The maximum absolute atomic E-state index is 9.10. The van der Waals surface area contributed by atoms with Crippen LogP contribution in [0.5, 0.6) is 5.88 Å². The maximum atomic E-state index is 9.10. The first-order valence-electron chi connectivity index (χ1n) is 3.89. The molecule has 0 bridgehead atoms. The molecule has 0 radical (unpaired) electrons. The van der Waals surface area contributed by atoms with Crippen molar-refractivity contribution < 1.29 is 5.11 Å². The SMILES string of the molecule is Oc1cc(-c2ccc(Br)cc2)c[nH]1. The first-order valence-corrected chi connectivity index (χ1v) is 4.68. The zero-order chi connectivity index (χ0) is 9.26. The van der Waals surface area contributed by atoms with Crippen molar-refractivity contribution in [2.24, 2.45) is 0 Å². The molecule has 1 aromatic heterocycles. The first-order chi connectivity index (χ1) is 6.25. The minimum Gasteiger partial charge on any atom is -0.495 e. The smallest absolute Gasteiger partial charge is 0.188 e. The molecular formula is C10H8BrNO. The van der Waals surface area contributed by atoms with Gasteiger partial charge in [0.2, 0.25) is 0 Å². The highest BCUT2D eigenvalue weighted by Gasteiger charge is 1.99. The molecule has 0 atom stereocenters. The average molecular weight is 238 g/mol. The molecule has 2 N–H and O–H groups in total. The Kier molecular flexibility index (Phi) is 2.10. The molecule has 66 valence electrons. The van der Waals surface area contributed by atoms with Gasteiger partial charge in [0.15, 0.2) is 5.88 Å². The molecular weight excluding hydrogens is 230 g/mol. The highest BCUT2D eigenvalue weighted by molar-refractivity contribution is 9.10. The van der Waals surface area contributed by atoms with Crippen molar-refractivity contribution in [3.63, 3.8) is 0 Å². The van der Waals surface area contributed by atoms with E-state index < -0.39 is 0 Å². The van der Waals surface area contributed by atoms with Gasteiger partial charge in [-0.3, -0.25) is 0 Å². The number of halogens is 1. The van der Waals surface area contributed by atoms with Crippen molar-refractivity contribution in [1.82, 2.24) is 4.98 Å². The van der Waals surface area contributed by atoms with Gasteiger partial charge in [0.25, 0.3) is 0 Å². The topological polar surface area (TPSA) is 36.0 Å². The van der Waals surface area contributed by atoms with Crippen LogP contribution in [0.1, 0.15) is 0 Å². The molecule has 0 aliphatic heterocycles. The lowest BCUT2D eigenvalue weighted by Gasteiger charge is -1.96. The number of H-pyrrole nitrogens is 1. The molecule has 0 fully saturated rings. The number of nitrogens with one attached hydrogen (secondary N) is 1. The highest BCUT2D eigenvalue weighted by atomic mass is 79.9. The summed E-state index contributed by atoms with van der Waals surface area (Å²) in [7, 11) is 0. The second-order valence-corrected chi connectivity index (χ2v) is 3.70. The first kappa shape index (κ1) is 8.38. The third-order valence-corrected chi connectivity index (χ3v) is 2.37. The van der Waals surface area contributed by atoms with Crippen LogP contribution in [0.15, 0.2) is 41.0 Å². The van der Waals surface area contributed by atoms with Gasteiger partial charge in [0.05, 0.1) is 0 Å². The van der Waals surface area contributed by atoms with Gasteiger partial charge in [0, 0.05) is 22.3 Å². The van der Waals surface area contributed by atoms with Gasteiger partial charge >= 0.3 is 0 Å². The summed E-state index contributed by atoms with van der Waals surface area (Å²) in [6.07, 6.45) is 1.78. The molecule has 1 heterocycles. The van der Waals surface area contributed by atoms with E-state index in [1.165, 1.54) is 0 Å². The summed E-state index contributed by atoms with van der Waals surface area (Å²) in [5.74, 6) is 0.193. The number of hydrogen-bond donors (Lipinski definition) is 2.